The van der Waals surface area contributed by atoms with Gasteiger partial charge in [-0.1, -0.05) is 12.1 Å². The van der Waals surface area contributed by atoms with Crippen LogP contribution in [0, 0.1) is 5.82 Å². The zero-order chi connectivity index (χ0) is 9.84. The second-order valence-corrected chi connectivity index (χ2v) is 2.93. The topological polar surface area (TPSA) is 17.1 Å². The van der Waals surface area contributed by atoms with Crippen molar-refractivity contribution in [1.82, 2.24) is 0 Å². The van der Waals surface area contributed by atoms with Crippen molar-refractivity contribution in [2.45, 2.75) is 19.5 Å². The van der Waals surface area contributed by atoms with Gasteiger partial charge < -0.3 is 0 Å². The minimum absolute atomic E-state index is 0.191. The van der Waals surface area contributed by atoms with E-state index in [1.807, 2.05) is 0 Å². The number of hydrogen-bond donors (Lipinski definition) is 0. The maximum absolute atomic E-state index is 13.2. The van der Waals surface area contributed by atoms with Gasteiger partial charge in [0.15, 0.2) is 0 Å². The molecular weight excluding hydrogens is 174 g/mol. The third-order valence-electron chi connectivity index (χ3n) is 1.68. The summed E-state index contributed by atoms with van der Waals surface area (Å²) in [5.41, 5.74) is 0.218. The van der Waals surface area contributed by atoms with E-state index in [1.54, 1.807) is 0 Å². The molecule has 0 aromatic heterocycles. The predicted molar refractivity (Wildman–Crippen MR) is 45.5 cm³/mol. The summed E-state index contributed by atoms with van der Waals surface area (Å²) < 4.78 is 25.8. The summed E-state index contributed by atoms with van der Waals surface area (Å²) in [6.45, 7) is 1.31. The van der Waals surface area contributed by atoms with Crippen molar-refractivity contribution in [3.05, 3.63) is 35.6 Å². The Bertz CT molecular complexity index is 310. The Morgan fingerprint density at radius 2 is 2.23 bits per heavy atom. The first-order chi connectivity index (χ1) is 6.09. The maximum Gasteiger partial charge on any atom is 0.133 e. The van der Waals surface area contributed by atoms with E-state index in [0.29, 0.717) is 0 Å². The summed E-state index contributed by atoms with van der Waals surface area (Å²) in [7, 11) is 0. The molecule has 0 N–H and O–H groups in total. The zero-order valence-electron chi connectivity index (χ0n) is 7.26. The fourth-order valence-electron chi connectivity index (χ4n) is 1.07. The summed E-state index contributed by atoms with van der Waals surface area (Å²) in [6.07, 6.45) is -1.59. The number of hydrogen-bond acceptors (Lipinski definition) is 1. The molecule has 0 fully saturated rings. The van der Waals surface area contributed by atoms with Gasteiger partial charge >= 0.3 is 0 Å². The maximum atomic E-state index is 13.2. The van der Waals surface area contributed by atoms with Crippen molar-refractivity contribution in [1.29, 1.82) is 0 Å². The van der Waals surface area contributed by atoms with E-state index >= 15 is 0 Å². The second kappa shape index (κ2) is 4.12. The summed E-state index contributed by atoms with van der Waals surface area (Å²) in [5, 5.41) is 0. The molecule has 0 heterocycles. The van der Waals surface area contributed by atoms with Crippen molar-refractivity contribution < 1.29 is 13.6 Å². The lowest BCUT2D eigenvalue weighted by Crippen LogP contribution is -1.99. The van der Waals surface area contributed by atoms with Gasteiger partial charge in [0.05, 0.1) is 0 Å². The lowest BCUT2D eigenvalue weighted by Gasteiger charge is -2.05. The van der Waals surface area contributed by atoms with Gasteiger partial charge in [0.2, 0.25) is 0 Å². The Hall–Kier alpha value is -1.25. The van der Waals surface area contributed by atoms with E-state index in [1.165, 1.54) is 25.1 Å². The van der Waals surface area contributed by atoms with Crippen LogP contribution in [-0.2, 0) is 4.79 Å². The molecule has 1 rings (SSSR count). The first kappa shape index (κ1) is 9.84. The van der Waals surface area contributed by atoms with Gasteiger partial charge in [-0.2, -0.15) is 0 Å². The number of carbonyl (C=O) groups excluding carboxylic acids is 1. The molecule has 1 unspecified atom stereocenters. The number of Topliss-reactive ketones (excluding diaryl/α,β-unsaturated/α-hetero) is 1. The van der Waals surface area contributed by atoms with E-state index in [0.717, 1.165) is 6.07 Å². The highest BCUT2D eigenvalue weighted by Gasteiger charge is 2.12. The van der Waals surface area contributed by atoms with Crippen molar-refractivity contribution in [3.8, 4) is 0 Å². The van der Waals surface area contributed by atoms with Crippen LogP contribution < -0.4 is 0 Å². The molecule has 70 valence electrons. The Labute approximate surface area is 75.4 Å². The molecule has 0 radical (unpaired) electrons. The predicted octanol–water partition coefficient (Wildman–Crippen LogP) is 2.82. The Balaban J connectivity index is 2.76. The van der Waals surface area contributed by atoms with E-state index in [2.05, 4.69) is 0 Å². The highest BCUT2D eigenvalue weighted by atomic mass is 19.1. The van der Waals surface area contributed by atoms with E-state index in [4.69, 9.17) is 0 Å². The lowest BCUT2D eigenvalue weighted by atomic mass is 10.1. The average Bonchev–Trinajstić information content (AvgIpc) is 2.03. The van der Waals surface area contributed by atoms with E-state index in [9.17, 15) is 13.6 Å². The second-order valence-electron chi connectivity index (χ2n) is 2.93. The van der Waals surface area contributed by atoms with Crippen LogP contribution in [0.2, 0.25) is 0 Å². The molecular formula is C10H10F2O. The Kier molecular flexibility index (Phi) is 3.12. The van der Waals surface area contributed by atoms with Gasteiger partial charge in [-0.25, -0.2) is 8.78 Å². The molecule has 0 amide bonds. The SMILES string of the molecule is CC(=O)CC(F)c1cccc(F)c1. The molecule has 0 spiro atoms. The molecule has 1 aromatic carbocycles. The zero-order valence-corrected chi connectivity index (χ0v) is 7.26. The van der Waals surface area contributed by atoms with Crippen LogP contribution >= 0.6 is 0 Å². The quantitative estimate of drug-likeness (QED) is 0.705. The number of rotatable bonds is 3. The molecule has 0 aliphatic rings. The third kappa shape index (κ3) is 2.93. The van der Waals surface area contributed by atoms with Gasteiger partial charge in [-0.3, -0.25) is 4.79 Å². The first-order valence-corrected chi connectivity index (χ1v) is 3.98. The van der Waals surface area contributed by atoms with Crippen molar-refractivity contribution in [3.63, 3.8) is 0 Å². The Morgan fingerprint density at radius 3 is 2.77 bits per heavy atom. The normalized spacial score (nSPS) is 12.5. The van der Waals surface area contributed by atoms with Crippen LogP contribution in [0.1, 0.15) is 25.1 Å². The highest BCUT2D eigenvalue weighted by Crippen LogP contribution is 2.21. The van der Waals surface area contributed by atoms with Gasteiger partial charge in [-0.15, -0.1) is 0 Å². The van der Waals surface area contributed by atoms with Gasteiger partial charge in [-0.05, 0) is 24.6 Å². The highest BCUT2D eigenvalue weighted by molar-refractivity contribution is 5.76. The van der Waals surface area contributed by atoms with E-state index < -0.39 is 12.0 Å². The van der Waals surface area contributed by atoms with Crippen molar-refractivity contribution in [2.24, 2.45) is 0 Å². The van der Waals surface area contributed by atoms with E-state index in [-0.39, 0.29) is 17.8 Å². The summed E-state index contributed by atoms with van der Waals surface area (Å²) in [6, 6.07) is 5.24. The first-order valence-electron chi connectivity index (χ1n) is 3.98. The van der Waals surface area contributed by atoms with Crippen LogP contribution in [0.5, 0.6) is 0 Å². The fraction of sp³-hybridized carbons (Fsp3) is 0.300. The molecule has 0 bridgehead atoms. The molecule has 0 saturated heterocycles. The standard InChI is InChI=1S/C10H10F2O/c1-7(13)5-10(12)8-3-2-4-9(11)6-8/h2-4,6,10H,5H2,1H3. The summed E-state index contributed by atoms with van der Waals surface area (Å²) in [5.74, 6) is -0.722. The molecule has 1 atom stereocenters. The summed E-state index contributed by atoms with van der Waals surface area (Å²) in [4.78, 5) is 10.6. The minimum atomic E-state index is -1.40. The van der Waals surface area contributed by atoms with Gasteiger partial charge in [0.25, 0.3) is 0 Å². The molecule has 0 aliphatic carbocycles. The molecule has 3 heteroatoms. The molecule has 13 heavy (non-hydrogen) atoms. The van der Waals surface area contributed by atoms with Gasteiger partial charge in [0, 0.05) is 6.42 Å². The number of halogens is 2. The third-order valence-corrected chi connectivity index (χ3v) is 1.68. The number of benzene rings is 1. The van der Waals surface area contributed by atoms with Crippen LogP contribution in [0.4, 0.5) is 8.78 Å². The molecule has 0 saturated carbocycles. The summed E-state index contributed by atoms with van der Waals surface area (Å²) >= 11 is 0. The Morgan fingerprint density at radius 1 is 1.54 bits per heavy atom. The molecule has 1 aromatic rings. The average molecular weight is 184 g/mol. The van der Waals surface area contributed by atoms with Gasteiger partial charge in [0.1, 0.15) is 17.8 Å². The number of alkyl halides is 1. The van der Waals surface area contributed by atoms with Crippen molar-refractivity contribution in [2.75, 3.05) is 0 Å². The smallest absolute Gasteiger partial charge is 0.133 e. The monoisotopic (exact) mass is 184 g/mol. The van der Waals surface area contributed by atoms with Crippen LogP contribution in [0.15, 0.2) is 24.3 Å². The lowest BCUT2D eigenvalue weighted by molar-refractivity contribution is -0.118. The minimum Gasteiger partial charge on any atom is -0.300 e. The number of ketones is 1. The van der Waals surface area contributed by atoms with Crippen LogP contribution in [-0.4, -0.2) is 5.78 Å². The van der Waals surface area contributed by atoms with Crippen LogP contribution in [0.3, 0.4) is 0 Å². The van der Waals surface area contributed by atoms with Crippen LogP contribution in [0.25, 0.3) is 0 Å². The molecule has 1 nitrogen and oxygen atoms in total. The van der Waals surface area contributed by atoms with Crippen molar-refractivity contribution >= 4 is 5.78 Å². The molecule has 0 aliphatic heterocycles. The number of carbonyl (C=O) groups is 1. The fourth-order valence-corrected chi connectivity index (χ4v) is 1.07. The largest absolute Gasteiger partial charge is 0.300 e.